The first-order valence-corrected chi connectivity index (χ1v) is 13.7. The van der Waals surface area contributed by atoms with Crippen LogP contribution in [0.5, 0.6) is 5.75 Å². The second kappa shape index (κ2) is 9.92. The van der Waals surface area contributed by atoms with E-state index in [1.54, 1.807) is 31.3 Å². The minimum Gasteiger partial charge on any atom is -0.488 e. The van der Waals surface area contributed by atoms with Crippen molar-refractivity contribution in [2.45, 2.75) is 43.4 Å². The molecule has 0 spiro atoms. The number of fused-ring (bicyclic) bond motifs is 1. The van der Waals surface area contributed by atoms with Crippen LogP contribution in [0.2, 0.25) is 0 Å². The lowest BCUT2D eigenvalue weighted by molar-refractivity contribution is 0.0998. The Balaban J connectivity index is 1.56. The summed E-state index contributed by atoms with van der Waals surface area (Å²) >= 11 is 0. The van der Waals surface area contributed by atoms with Crippen molar-refractivity contribution < 1.29 is 27.1 Å². The zero-order chi connectivity index (χ0) is 26.3. The number of sulfonamides is 1. The van der Waals surface area contributed by atoms with E-state index in [0.29, 0.717) is 25.5 Å². The van der Waals surface area contributed by atoms with Gasteiger partial charge in [-0.3, -0.25) is 4.79 Å². The van der Waals surface area contributed by atoms with Gasteiger partial charge in [0, 0.05) is 44.0 Å². The highest BCUT2D eigenvalue weighted by atomic mass is 32.2. The fourth-order valence-corrected chi connectivity index (χ4v) is 6.28. The summed E-state index contributed by atoms with van der Waals surface area (Å²) < 4.78 is 54.5. The zero-order valence-corrected chi connectivity index (χ0v) is 21.6. The van der Waals surface area contributed by atoms with Gasteiger partial charge in [-0.25, -0.2) is 17.3 Å². The molecule has 1 amide bonds. The van der Waals surface area contributed by atoms with Crippen LogP contribution in [-0.2, 0) is 14.8 Å². The molecule has 0 saturated carbocycles. The Labute approximate surface area is 214 Å². The Morgan fingerprint density at radius 3 is 2.81 bits per heavy atom. The van der Waals surface area contributed by atoms with Crippen molar-refractivity contribution in [2.24, 2.45) is 5.73 Å². The maximum atomic E-state index is 14.4. The molecule has 37 heavy (non-hydrogen) atoms. The largest absolute Gasteiger partial charge is 0.488 e. The number of aromatic nitrogens is 2. The number of rotatable bonds is 8. The predicted molar refractivity (Wildman–Crippen MR) is 135 cm³/mol. The van der Waals surface area contributed by atoms with Gasteiger partial charge in [0.2, 0.25) is 5.03 Å². The van der Waals surface area contributed by atoms with Crippen molar-refractivity contribution in [3.8, 4) is 5.75 Å². The van der Waals surface area contributed by atoms with Crippen LogP contribution in [0, 0.1) is 5.82 Å². The van der Waals surface area contributed by atoms with Crippen LogP contribution in [0.1, 0.15) is 48.1 Å². The molecule has 2 aromatic heterocycles. The van der Waals surface area contributed by atoms with Gasteiger partial charge >= 0.3 is 0 Å². The molecular formula is C25H30FN5O5S. The van der Waals surface area contributed by atoms with E-state index in [-0.39, 0.29) is 40.6 Å². The maximum Gasteiger partial charge on any atom is 0.262 e. The van der Waals surface area contributed by atoms with Gasteiger partial charge in [-0.2, -0.15) is 9.40 Å². The third-order valence-electron chi connectivity index (χ3n) is 7.03. The number of anilines is 1. The molecule has 198 valence electrons. The fraction of sp³-hybridized carbons (Fsp3) is 0.440. The van der Waals surface area contributed by atoms with Gasteiger partial charge in [0.15, 0.2) is 0 Å². The molecule has 2 N–H and O–H groups in total. The number of amides is 1. The van der Waals surface area contributed by atoms with E-state index in [9.17, 15) is 17.6 Å². The summed E-state index contributed by atoms with van der Waals surface area (Å²) in [5.41, 5.74) is 7.25. The molecule has 2 atom stereocenters. The summed E-state index contributed by atoms with van der Waals surface area (Å²) in [5, 5.41) is 3.81. The monoisotopic (exact) mass is 531 g/mol. The quantitative estimate of drug-likeness (QED) is 0.475. The third-order valence-corrected chi connectivity index (χ3v) is 8.88. The van der Waals surface area contributed by atoms with E-state index in [0.717, 1.165) is 34.8 Å². The molecule has 2 aliphatic rings. The van der Waals surface area contributed by atoms with Crippen molar-refractivity contribution in [2.75, 3.05) is 38.3 Å². The summed E-state index contributed by atoms with van der Waals surface area (Å²) in [6.07, 6.45) is 3.94. The van der Waals surface area contributed by atoms with Crippen molar-refractivity contribution in [1.29, 1.82) is 0 Å². The highest BCUT2D eigenvalue weighted by molar-refractivity contribution is 7.89. The fourth-order valence-electron chi connectivity index (χ4n) is 4.99. The van der Waals surface area contributed by atoms with E-state index >= 15 is 0 Å². The number of ether oxygens (including phenoxy) is 2. The SMILES string of the molecule is CCN(C)S(=O)(=O)c1nn2ccc(N3CCC[C@@H]3c3cc(F)ccc3OC3CCOC3)cc2c1C(N)=O. The van der Waals surface area contributed by atoms with Crippen LogP contribution in [-0.4, -0.2) is 67.7 Å². The van der Waals surface area contributed by atoms with Crippen LogP contribution >= 0.6 is 0 Å². The maximum absolute atomic E-state index is 14.4. The van der Waals surface area contributed by atoms with Gasteiger partial charge in [0.05, 0.1) is 24.8 Å². The number of carbonyl (C=O) groups is 1. The number of hydrogen-bond donors (Lipinski definition) is 1. The van der Waals surface area contributed by atoms with Crippen molar-refractivity contribution in [3.63, 3.8) is 0 Å². The van der Waals surface area contributed by atoms with Crippen LogP contribution in [0.15, 0.2) is 41.6 Å². The van der Waals surface area contributed by atoms with E-state index in [1.165, 1.54) is 23.7 Å². The molecule has 3 aromatic rings. The Kier molecular flexibility index (Phi) is 6.82. The lowest BCUT2D eigenvalue weighted by atomic mass is 10.0. The number of pyridine rings is 1. The molecule has 12 heteroatoms. The summed E-state index contributed by atoms with van der Waals surface area (Å²) in [6, 6.07) is 7.89. The highest BCUT2D eigenvalue weighted by Crippen LogP contribution is 2.41. The molecule has 4 heterocycles. The number of hydrogen-bond acceptors (Lipinski definition) is 7. The normalized spacial score (nSPS) is 20.3. The van der Waals surface area contributed by atoms with E-state index in [4.69, 9.17) is 15.2 Å². The number of primary amides is 1. The minimum absolute atomic E-state index is 0.0815. The van der Waals surface area contributed by atoms with Gasteiger partial charge < -0.3 is 20.1 Å². The average molecular weight is 532 g/mol. The molecule has 2 fully saturated rings. The number of benzene rings is 1. The standard InChI is InChI=1S/C25H30FN5O5S/c1-3-29(2)37(33,34)25-23(24(27)32)21-14-17(8-11-31(21)28-25)30-10-4-5-20(30)19-13-16(26)6-7-22(19)36-18-9-12-35-15-18/h6-8,11,13-14,18,20H,3-5,9-10,12,15H2,1-2H3,(H2,27,32)/t18?,20-/m1/s1. The predicted octanol–water partition coefficient (Wildman–Crippen LogP) is 2.72. The molecule has 1 aromatic carbocycles. The molecule has 0 bridgehead atoms. The molecule has 5 rings (SSSR count). The molecular weight excluding hydrogens is 501 g/mol. The first-order valence-electron chi connectivity index (χ1n) is 12.3. The summed E-state index contributed by atoms with van der Waals surface area (Å²) in [7, 11) is -2.60. The van der Waals surface area contributed by atoms with Crippen LogP contribution < -0.4 is 15.4 Å². The van der Waals surface area contributed by atoms with Gasteiger partial charge in [-0.05, 0) is 43.2 Å². The topological polar surface area (TPSA) is 119 Å². The van der Waals surface area contributed by atoms with Crippen LogP contribution in [0.25, 0.3) is 5.52 Å². The molecule has 10 nitrogen and oxygen atoms in total. The Morgan fingerprint density at radius 2 is 2.11 bits per heavy atom. The summed E-state index contributed by atoms with van der Waals surface area (Å²) in [4.78, 5) is 14.5. The molecule has 2 saturated heterocycles. The first kappa shape index (κ1) is 25.4. The van der Waals surface area contributed by atoms with Crippen molar-refractivity contribution in [1.82, 2.24) is 13.9 Å². The number of carbonyl (C=O) groups excluding carboxylic acids is 1. The van der Waals surface area contributed by atoms with Gasteiger partial charge in [0.25, 0.3) is 15.9 Å². The number of nitrogens with two attached hydrogens (primary N) is 1. The van der Waals surface area contributed by atoms with E-state index in [1.807, 2.05) is 0 Å². The number of nitrogens with zero attached hydrogens (tertiary/aromatic N) is 4. The molecule has 2 aliphatic heterocycles. The first-order chi connectivity index (χ1) is 17.7. The van der Waals surface area contributed by atoms with Gasteiger partial charge in [-0.15, -0.1) is 0 Å². The lowest BCUT2D eigenvalue weighted by Crippen LogP contribution is -2.29. The van der Waals surface area contributed by atoms with Gasteiger partial charge in [0.1, 0.15) is 23.2 Å². The minimum atomic E-state index is -4.02. The second-order valence-electron chi connectivity index (χ2n) is 9.32. The lowest BCUT2D eigenvalue weighted by Gasteiger charge is -2.29. The Hall–Kier alpha value is -3.22. The van der Waals surface area contributed by atoms with Gasteiger partial charge in [-0.1, -0.05) is 6.92 Å². The summed E-state index contributed by atoms with van der Waals surface area (Å²) in [6.45, 7) is 3.72. The highest BCUT2D eigenvalue weighted by Gasteiger charge is 2.33. The van der Waals surface area contributed by atoms with Crippen molar-refractivity contribution in [3.05, 3.63) is 53.5 Å². The third kappa shape index (κ3) is 4.64. The Bertz CT molecular complexity index is 1440. The van der Waals surface area contributed by atoms with E-state index in [2.05, 4.69) is 10.00 Å². The molecule has 0 radical (unpaired) electrons. The molecule has 0 aliphatic carbocycles. The molecule has 1 unspecified atom stereocenters. The van der Waals surface area contributed by atoms with Crippen LogP contribution in [0.4, 0.5) is 10.1 Å². The van der Waals surface area contributed by atoms with E-state index < -0.39 is 15.9 Å². The van der Waals surface area contributed by atoms with Crippen molar-refractivity contribution >= 4 is 27.1 Å². The summed E-state index contributed by atoms with van der Waals surface area (Å²) in [5.74, 6) is -0.616. The number of halogens is 1. The Morgan fingerprint density at radius 1 is 1.30 bits per heavy atom. The smallest absolute Gasteiger partial charge is 0.262 e. The zero-order valence-electron chi connectivity index (χ0n) is 20.8. The average Bonchev–Trinajstić information content (AvgIpc) is 3.63. The van der Waals surface area contributed by atoms with Crippen LogP contribution in [0.3, 0.4) is 0 Å². The second-order valence-corrected chi connectivity index (χ2v) is 11.3.